The normalized spacial score (nSPS) is 10.6. The highest BCUT2D eigenvalue weighted by Gasteiger charge is 2.19. The molecule has 6 heteroatoms. The number of aryl methyl sites for hydroxylation is 1. The Morgan fingerprint density at radius 2 is 1.78 bits per heavy atom. The van der Waals surface area contributed by atoms with Gasteiger partial charge in [0.2, 0.25) is 5.76 Å². The second-order valence-corrected chi connectivity index (χ2v) is 5.91. The van der Waals surface area contributed by atoms with Gasteiger partial charge in [0.1, 0.15) is 17.9 Å². The summed E-state index contributed by atoms with van der Waals surface area (Å²) in [6, 6.07) is 12.1. The SMILES string of the molecule is CCOc1ccc2oc(C(=O)OCc3ccc(C(=O)OC)cc3)c(C)c2c1. The molecular formula is C21H20O6. The molecule has 0 aliphatic rings. The van der Waals surface area contributed by atoms with E-state index in [-0.39, 0.29) is 12.4 Å². The molecule has 0 bridgehead atoms. The molecule has 27 heavy (non-hydrogen) atoms. The third-order valence-corrected chi connectivity index (χ3v) is 4.15. The molecule has 0 saturated carbocycles. The van der Waals surface area contributed by atoms with Gasteiger partial charge in [0.25, 0.3) is 0 Å². The molecule has 3 rings (SSSR count). The Labute approximate surface area is 156 Å². The predicted molar refractivity (Wildman–Crippen MR) is 99.0 cm³/mol. The number of hydrogen-bond acceptors (Lipinski definition) is 6. The third kappa shape index (κ3) is 3.95. The van der Waals surface area contributed by atoms with Crippen LogP contribution in [0.25, 0.3) is 11.0 Å². The summed E-state index contributed by atoms with van der Waals surface area (Å²) in [5.74, 6) is -0.0640. The van der Waals surface area contributed by atoms with Crippen LogP contribution in [-0.4, -0.2) is 25.7 Å². The van der Waals surface area contributed by atoms with Crippen LogP contribution in [0.3, 0.4) is 0 Å². The fourth-order valence-corrected chi connectivity index (χ4v) is 2.72. The Morgan fingerprint density at radius 3 is 2.44 bits per heavy atom. The van der Waals surface area contributed by atoms with E-state index in [1.807, 2.05) is 19.9 Å². The fraction of sp³-hybridized carbons (Fsp3) is 0.238. The van der Waals surface area contributed by atoms with Crippen LogP contribution >= 0.6 is 0 Å². The molecule has 140 valence electrons. The van der Waals surface area contributed by atoms with E-state index >= 15 is 0 Å². The van der Waals surface area contributed by atoms with Crippen molar-refractivity contribution in [2.75, 3.05) is 13.7 Å². The van der Waals surface area contributed by atoms with Crippen LogP contribution in [0.2, 0.25) is 0 Å². The molecule has 0 amide bonds. The minimum absolute atomic E-state index is 0.0704. The summed E-state index contributed by atoms with van der Waals surface area (Å²) in [7, 11) is 1.32. The first-order valence-electron chi connectivity index (χ1n) is 8.53. The topological polar surface area (TPSA) is 75.0 Å². The quantitative estimate of drug-likeness (QED) is 0.605. The molecule has 6 nitrogen and oxygen atoms in total. The first-order chi connectivity index (χ1) is 13.0. The van der Waals surface area contributed by atoms with Gasteiger partial charge in [-0.15, -0.1) is 0 Å². The molecule has 0 atom stereocenters. The Morgan fingerprint density at radius 1 is 1.04 bits per heavy atom. The van der Waals surface area contributed by atoms with Gasteiger partial charge in [0.15, 0.2) is 0 Å². The van der Waals surface area contributed by atoms with E-state index in [0.717, 1.165) is 16.7 Å². The predicted octanol–water partition coefficient (Wildman–Crippen LogP) is 4.28. The molecular weight excluding hydrogens is 348 g/mol. The van der Waals surface area contributed by atoms with Gasteiger partial charge in [-0.05, 0) is 49.7 Å². The van der Waals surface area contributed by atoms with Crippen molar-refractivity contribution >= 4 is 22.9 Å². The second kappa shape index (κ2) is 7.95. The van der Waals surface area contributed by atoms with E-state index in [1.54, 1.807) is 36.4 Å². The van der Waals surface area contributed by atoms with Gasteiger partial charge in [-0.25, -0.2) is 9.59 Å². The summed E-state index contributed by atoms with van der Waals surface area (Å²) >= 11 is 0. The Kier molecular flexibility index (Phi) is 5.45. The van der Waals surface area contributed by atoms with Gasteiger partial charge in [-0.3, -0.25) is 0 Å². The number of rotatable bonds is 6. The van der Waals surface area contributed by atoms with Crippen LogP contribution in [-0.2, 0) is 16.1 Å². The maximum Gasteiger partial charge on any atom is 0.374 e. The molecule has 0 unspecified atom stereocenters. The van der Waals surface area contributed by atoms with Crippen LogP contribution in [0.5, 0.6) is 5.75 Å². The standard InChI is InChI=1S/C21H20O6/c1-4-25-16-9-10-18-17(11-16)13(2)19(27-18)21(23)26-12-14-5-7-15(8-6-14)20(22)24-3/h5-11H,4,12H2,1-3H3. The molecule has 0 fully saturated rings. The average molecular weight is 368 g/mol. The summed E-state index contributed by atoms with van der Waals surface area (Å²) < 4.78 is 21.1. The van der Waals surface area contributed by atoms with Gasteiger partial charge >= 0.3 is 11.9 Å². The van der Waals surface area contributed by atoms with Gasteiger partial charge < -0.3 is 18.6 Å². The zero-order chi connectivity index (χ0) is 19.4. The van der Waals surface area contributed by atoms with Crippen molar-refractivity contribution < 1.29 is 28.2 Å². The monoisotopic (exact) mass is 368 g/mol. The van der Waals surface area contributed by atoms with Crippen molar-refractivity contribution in [3.8, 4) is 5.75 Å². The molecule has 0 aliphatic heterocycles. The van der Waals surface area contributed by atoms with Crippen molar-refractivity contribution in [1.29, 1.82) is 0 Å². The molecule has 3 aromatic rings. The number of fused-ring (bicyclic) bond motifs is 1. The van der Waals surface area contributed by atoms with E-state index in [1.165, 1.54) is 7.11 Å². The lowest BCUT2D eigenvalue weighted by Crippen LogP contribution is -2.06. The summed E-state index contributed by atoms with van der Waals surface area (Å²) in [5, 5.41) is 0.815. The van der Waals surface area contributed by atoms with Crippen molar-refractivity contribution in [3.05, 3.63) is 64.9 Å². The molecule has 0 aliphatic carbocycles. The Balaban J connectivity index is 1.72. The van der Waals surface area contributed by atoms with E-state index in [2.05, 4.69) is 4.74 Å². The lowest BCUT2D eigenvalue weighted by Gasteiger charge is -2.05. The zero-order valence-corrected chi connectivity index (χ0v) is 15.4. The summed E-state index contributed by atoms with van der Waals surface area (Å²) in [6.07, 6.45) is 0. The van der Waals surface area contributed by atoms with E-state index in [0.29, 0.717) is 23.3 Å². The van der Waals surface area contributed by atoms with E-state index < -0.39 is 11.9 Å². The largest absolute Gasteiger partial charge is 0.494 e. The van der Waals surface area contributed by atoms with Crippen LogP contribution in [0, 0.1) is 6.92 Å². The third-order valence-electron chi connectivity index (χ3n) is 4.15. The first kappa shape index (κ1) is 18.5. The van der Waals surface area contributed by atoms with Crippen LogP contribution < -0.4 is 4.74 Å². The number of carbonyl (C=O) groups excluding carboxylic acids is 2. The van der Waals surface area contributed by atoms with Crippen molar-refractivity contribution in [3.63, 3.8) is 0 Å². The van der Waals surface area contributed by atoms with Crippen molar-refractivity contribution in [2.45, 2.75) is 20.5 Å². The molecule has 0 radical (unpaired) electrons. The minimum Gasteiger partial charge on any atom is -0.494 e. The number of esters is 2. The summed E-state index contributed by atoms with van der Waals surface area (Å²) in [5.41, 5.74) is 2.50. The number of methoxy groups -OCH3 is 1. The van der Waals surface area contributed by atoms with Crippen molar-refractivity contribution in [2.24, 2.45) is 0 Å². The highest BCUT2D eigenvalue weighted by atomic mass is 16.5. The second-order valence-electron chi connectivity index (χ2n) is 5.91. The van der Waals surface area contributed by atoms with Crippen LogP contribution in [0.15, 0.2) is 46.9 Å². The minimum atomic E-state index is -0.543. The number of benzene rings is 2. The number of ether oxygens (including phenoxy) is 3. The van der Waals surface area contributed by atoms with Crippen LogP contribution in [0.4, 0.5) is 0 Å². The fourth-order valence-electron chi connectivity index (χ4n) is 2.72. The van der Waals surface area contributed by atoms with Crippen molar-refractivity contribution in [1.82, 2.24) is 0 Å². The highest BCUT2D eigenvalue weighted by Crippen LogP contribution is 2.29. The average Bonchev–Trinajstić information content (AvgIpc) is 3.02. The van der Waals surface area contributed by atoms with Gasteiger partial charge in [0, 0.05) is 10.9 Å². The van der Waals surface area contributed by atoms with E-state index in [9.17, 15) is 9.59 Å². The van der Waals surface area contributed by atoms with Gasteiger partial charge in [0.05, 0.1) is 19.3 Å². The Bertz CT molecular complexity index is 968. The molecule has 2 aromatic carbocycles. The number of carbonyl (C=O) groups is 2. The maximum atomic E-state index is 12.4. The molecule has 1 heterocycles. The number of furan rings is 1. The number of hydrogen-bond donors (Lipinski definition) is 0. The smallest absolute Gasteiger partial charge is 0.374 e. The highest BCUT2D eigenvalue weighted by molar-refractivity contribution is 5.96. The lowest BCUT2D eigenvalue weighted by atomic mass is 10.1. The maximum absolute atomic E-state index is 12.4. The van der Waals surface area contributed by atoms with E-state index in [4.69, 9.17) is 13.9 Å². The Hall–Kier alpha value is -3.28. The van der Waals surface area contributed by atoms with Crippen LogP contribution in [0.1, 0.15) is 39.0 Å². The summed E-state index contributed by atoms with van der Waals surface area (Å²) in [4.78, 5) is 23.9. The molecule has 0 saturated heterocycles. The summed E-state index contributed by atoms with van der Waals surface area (Å²) in [6.45, 7) is 4.35. The molecule has 0 N–H and O–H groups in total. The van der Waals surface area contributed by atoms with Gasteiger partial charge in [-0.2, -0.15) is 0 Å². The first-order valence-corrected chi connectivity index (χ1v) is 8.53. The molecule has 1 aromatic heterocycles. The zero-order valence-electron chi connectivity index (χ0n) is 15.4. The molecule has 0 spiro atoms. The van der Waals surface area contributed by atoms with Gasteiger partial charge in [-0.1, -0.05) is 12.1 Å². The lowest BCUT2D eigenvalue weighted by molar-refractivity contribution is 0.0436.